The van der Waals surface area contributed by atoms with E-state index >= 15 is 0 Å². The smallest absolute Gasteiger partial charge is 0.194 e. The number of rotatable bonds is 14. The molecule has 0 unspecified atom stereocenters. The molecule has 0 atom stereocenters. The van der Waals surface area contributed by atoms with Crippen LogP contribution in [0.2, 0.25) is 0 Å². The van der Waals surface area contributed by atoms with Crippen molar-refractivity contribution in [2.45, 2.75) is 128 Å². The molecule has 2 fully saturated rings. The Kier molecular flexibility index (Phi) is 13.3. The van der Waals surface area contributed by atoms with Crippen molar-refractivity contribution in [3.63, 3.8) is 0 Å². The lowest BCUT2D eigenvalue weighted by molar-refractivity contribution is 0.304. The predicted molar refractivity (Wildman–Crippen MR) is 200 cm³/mol. The number of halogens is 6. The lowest BCUT2D eigenvalue weighted by Crippen LogP contribution is -2.14. The standard InChI is InChI=1S/C46H52F6O/c1-3-5-7-29-9-13-33(14-10-29)35-17-19-43(37(27-35)21-31-23-39(47)45(51)40(48)24-31)53-44-20-18-36(34-15-11-30(12-16-34)8-6-4-2)28-38(44)22-32-25-41(49)46(52)42(50)26-32/h17-20,23-30,33-34H,3-16,21-22H2,1-2H3. The highest BCUT2D eigenvalue weighted by Gasteiger charge is 2.26. The molecule has 7 heteroatoms. The highest BCUT2D eigenvalue weighted by molar-refractivity contribution is 5.48. The van der Waals surface area contributed by atoms with Gasteiger partial charge in [0.1, 0.15) is 11.5 Å². The van der Waals surface area contributed by atoms with Crippen LogP contribution in [0.1, 0.15) is 149 Å². The minimum atomic E-state index is -1.51. The van der Waals surface area contributed by atoms with Crippen LogP contribution in [0.15, 0.2) is 60.7 Å². The third-order valence-corrected chi connectivity index (χ3v) is 11.8. The molecule has 4 aromatic carbocycles. The molecule has 0 radical (unpaired) electrons. The predicted octanol–water partition coefficient (Wildman–Crippen LogP) is 14.4. The lowest BCUT2D eigenvalue weighted by atomic mass is 9.76. The summed E-state index contributed by atoms with van der Waals surface area (Å²) in [6, 6.07) is 16.0. The van der Waals surface area contributed by atoms with Gasteiger partial charge < -0.3 is 4.74 Å². The highest BCUT2D eigenvalue weighted by Crippen LogP contribution is 2.42. The zero-order chi connectivity index (χ0) is 37.5. The van der Waals surface area contributed by atoms with E-state index in [0.717, 1.165) is 98.6 Å². The Labute approximate surface area is 311 Å². The summed E-state index contributed by atoms with van der Waals surface area (Å²) in [4.78, 5) is 0. The van der Waals surface area contributed by atoms with Gasteiger partial charge in [0.15, 0.2) is 34.9 Å². The zero-order valence-corrected chi connectivity index (χ0v) is 31.1. The second kappa shape index (κ2) is 18.1. The molecule has 0 bridgehead atoms. The van der Waals surface area contributed by atoms with Crippen LogP contribution >= 0.6 is 0 Å². The van der Waals surface area contributed by atoms with E-state index in [1.165, 1.54) is 38.5 Å². The van der Waals surface area contributed by atoms with Crippen LogP contribution in [0.5, 0.6) is 11.5 Å². The van der Waals surface area contributed by atoms with Crippen LogP contribution in [0, 0.1) is 46.7 Å². The highest BCUT2D eigenvalue weighted by atomic mass is 19.2. The first kappa shape index (κ1) is 39.0. The van der Waals surface area contributed by atoms with Crippen molar-refractivity contribution >= 4 is 0 Å². The van der Waals surface area contributed by atoms with Gasteiger partial charge in [-0.25, -0.2) is 26.3 Å². The Hall–Kier alpha value is -3.74. The number of hydrogen-bond acceptors (Lipinski definition) is 1. The van der Waals surface area contributed by atoms with Gasteiger partial charge in [0, 0.05) is 12.8 Å². The van der Waals surface area contributed by atoms with Gasteiger partial charge in [-0.05, 0) is 145 Å². The molecule has 0 aromatic heterocycles. The van der Waals surface area contributed by atoms with Crippen molar-refractivity contribution in [1.82, 2.24) is 0 Å². The van der Waals surface area contributed by atoms with Crippen LogP contribution in [0.25, 0.3) is 0 Å². The molecule has 0 amide bonds. The molecule has 284 valence electrons. The van der Waals surface area contributed by atoms with E-state index in [1.54, 1.807) is 0 Å². The van der Waals surface area contributed by atoms with Crippen LogP contribution < -0.4 is 4.74 Å². The molecule has 53 heavy (non-hydrogen) atoms. The first-order valence-corrected chi connectivity index (χ1v) is 19.8. The second-order valence-corrected chi connectivity index (χ2v) is 15.7. The average molecular weight is 735 g/mol. The van der Waals surface area contributed by atoms with Crippen molar-refractivity contribution in [2.75, 3.05) is 0 Å². The maximum atomic E-state index is 14.4. The van der Waals surface area contributed by atoms with E-state index in [1.807, 2.05) is 24.3 Å². The molecular weight excluding hydrogens is 682 g/mol. The van der Waals surface area contributed by atoms with E-state index in [0.29, 0.717) is 34.5 Å². The van der Waals surface area contributed by atoms with E-state index in [2.05, 4.69) is 26.0 Å². The fourth-order valence-electron chi connectivity index (χ4n) is 8.71. The monoisotopic (exact) mass is 734 g/mol. The largest absolute Gasteiger partial charge is 0.457 e. The van der Waals surface area contributed by atoms with Crippen LogP contribution in [-0.4, -0.2) is 0 Å². The first-order valence-electron chi connectivity index (χ1n) is 19.8. The maximum absolute atomic E-state index is 14.4. The van der Waals surface area contributed by atoms with Crippen molar-refractivity contribution in [2.24, 2.45) is 11.8 Å². The normalized spacial score (nSPS) is 20.5. The number of unbranched alkanes of at least 4 members (excludes halogenated alkanes) is 2. The average Bonchev–Trinajstić information content (AvgIpc) is 3.16. The number of hydrogen-bond donors (Lipinski definition) is 0. The summed E-state index contributed by atoms with van der Waals surface area (Å²) in [5, 5.41) is 0. The Morgan fingerprint density at radius 2 is 0.849 bits per heavy atom. The summed E-state index contributed by atoms with van der Waals surface area (Å²) in [6.07, 6.45) is 16.5. The Bertz CT molecular complexity index is 1660. The summed E-state index contributed by atoms with van der Waals surface area (Å²) in [6.45, 7) is 4.44. The topological polar surface area (TPSA) is 9.23 Å². The molecule has 6 rings (SSSR count). The van der Waals surface area contributed by atoms with Gasteiger partial charge in [-0.1, -0.05) is 76.6 Å². The Balaban J connectivity index is 1.32. The molecule has 4 aromatic rings. The third kappa shape index (κ3) is 9.88. The van der Waals surface area contributed by atoms with Gasteiger partial charge in [-0.3, -0.25) is 0 Å². The minimum Gasteiger partial charge on any atom is -0.457 e. The zero-order valence-electron chi connectivity index (χ0n) is 31.1. The van der Waals surface area contributed by atoms with Gasteiger partial charge in [0.2, 0.25) is 0 Å². The van der Waals surface area contributed by atoms with Crippen molar-refractivity contribution in [1.29, 1.82) is 0 Å². The van der Waals surface area contributed by atoms with Crippen LogP contribution in [0.4, 0.5) is 26.3 Å². The molecule has 0 N–H and O–H groups in total. The SMILES string of the molecule is CCCCC1CCC(c2ccc(Oc3ccc(C4CCC(CCCC)CC4)cc3Cc3cc(F)c(F)c(F)c3)c(Cc3cc(F)c(F)c(F)c3)c2)CC1. The summed E-state index contributed by atoms with van der Waals surface area (Å²) < 4.78 is 92.0. The molecule has 0 saturated heterocycles. The van der Waals surface area contributed by atoms with Gasteiger partial charge in [0.05, 0.1) is 0 Å². The van der Waals surface area contributed by atoms with E-state index in [-0.39, 0.29) is 24.0 Å². The van der Waals surface area contributed by atoms with Crippen molar-refractivity contribution < 1.29 is 31.1 Å². The van der Waals surface area contributed by atoms with Crippen LogP contribution in [-0.2, 0) is 12.8 Å². The Morgan fingerprint density at radius 1 is 0.491 bits per heavy atom. The molecular formula is C46H52F6O. The minimum absolute atomic E-state index is 0.103. The van der Waals surface area contributed by atoms with Gasteiger partial charge in [-0.15, -0.1) is 0 Å². The summed E-state index contributed by atoms with van der Waals surface area (Å²) in [7, 11) is 0. The van der Waals surface area contributed by atoms with E-state index in [9.17, 15) is 26.3 Å². The number of ether oxygens (including phenoxy) is 1. The molecule has 0 heterocycles. The van der Waals surface area contributed by atoms with Crippen molar-refractivity contribution in [3.05, 3.63) is 129 Å². The summed E-state index contributed by atoms with van der Waals surface area (Å²) >= 11 is 0. The fourth-order valence-corrected chi connectivity index (χ4v) is 8.71. The molecule has 0 aliphatic heterocycles. The Morgan fingerprint density at radius 3 is 1.19 bits per heavy atom. The quantitative estimate of drug-likeness (QED) is 0.0926. The number of benzene rings is 4. The molecule has 2 saturated carbocycles. The summed E-state index contributed by atoms with van der Waals surface area (Å²) in [5.74, 6) is -4.92. The third-order valence-electron chi connectivity index (χ3n) is 11.8. The van der Waals surface area contributed by atoms with Gasteiger partial charge in [0.25, 0.3) is 0 Å². The molecule has 1 nitrogen and oxygen atoms in total. The molecule has 2 aliphatic rings. The fraction of sp³-hybridized carbons (Fsp3) is 0.478. The van der Waals surface area contributed by atoms with Gasteiger partial charge in [-0.2, -0.15) is 0 Å². The van der Waals surface area contributed by atoms with E-state index in [4.69, 9.17) is 4.74 Å². The molecule has 0 spiro atoms. The van der Waals surface area contributed by atoms with Gasteiger partial charge >= 0.3 is 0 Å². The maximum Gasteiger partial charge on any atom is 0.194 e. The first-order chi connectivity index (χ1) is 25.6. The van der Waals surface area contributed by atoms with Crippen molar-refractivity contribution in [3.8, 4) is 11.5 Å². The second-order valence-electron chi connectivity index (χ2n) is 15.7. The lowest BCUT2D eigenvalue weighted by Gasteiger charge is -2.30. The summed E-state index contributed by atoms with van der Waals surface area (Å²) in [5.41, 5.74) is 4.20. The van der Waals surface area contributed by atoms with Crippen LogP contribution in [0.3, 0.4) is 0 Å². The molecule has 2 aliphatic carbocycles. The van der Waals surface area contributed by atoms with E-state index < -0.39 is 34.9 Å².